The van der Waals surface area contributed by atoms with Gasteiger partial charge < -0.3 is 24.5 Å². The summed E-state index contributed by atoms with van der Waals surface area (Å²) < 4.78 is 17.2. The van der Waals surface area contributed by atoms with Crippen molar-refractivity contribution in [2.24, 2.45) is 0 Å². The smallest absolute Gasteiger partial charge is 0.315 e. The molecular formula is C20H20N2O4. The molecule has 2 N–H and O–H groups in total. The Morgan fingerprint density at radius 3 is 2.77 bits per heavy atom. The van der Waals surface area contributed by atoms with Crippen molar-refractivity contribution < 1.29 is 18.7 Å². The third-order valence-corrected chi connectivity index (χ3v) is 4.28. The van der Waals surface area contributed by atoms with Crippen LogP contribution in [0, 0.1) is 0 Å². The van der Waals surface area contributed by atoms with E-state index in [9.17, 15) is 4.79 Å². The lowest BCUT2D eigenvalue weighted by atomic mass is 10.2. The molecule has 0 fully saturated rings. The van der Waals surface area contributed by atoms with Crippen molar-refractivity contribution in [3.05, 3.63) is 60.4 Å². The Kier molecular flexibility index (Phi) is 4.39. The largest absolute Gasteiger partial charge is 0.486 e. The normalized spacial score (nSPS) is 16.9. The SMILES string of the molecule is CC(NC(=O)NCC1COc2ccccc2O1)c1cc2ccccc2o1. The maximum atomic E-state index is 12.2. The number of hydrogen-bond acceptors (Lipinski definition) is 4. The highest BCUT2D eigenvalue weighted by atomic mass is 16.6. The number of hydrogen-bond donors (Lipinski definition) is 2. The third-order valence-electron chi connectivity index (χ3n) is 4.28. The van der Waals surface area contributed by atoms with Gasteiger partial charge in [0.15, 0.2) is 17.6 Å². The molecule has 3 aromatic rings. The molecule has 134 valence electrons. The van der Waals surface area contributed by atoms with Crippen molar-refractivity contribution in [2.45, 2.75) is 19.1 Å². The van der Waals surface area contributed by atoms with E-state index in [1.54, 1.807) is 0 Å². The first-order chi connectivity index (χ1) is 12.7. The number of carbonyl (C=O) groups is 1. The maximum absolute atomic E-state index is 12.2. The van der Waals surface area contributed by atoms with E-state index in [-0.39, 0.29) is 18.2 Å². The zero-order chi connectivity index (χ0) is 17.9. The molecule has 1 aromatic heterocycles. The molecular weight excluding hydrogens is 332 g/mol. The number of furan rings is 1. The molecule has 2 unspecified atom stereocenters. The Hall–Kier alpha value is -3.15. The van der Waals surface area contributed by atoms with Gasteiger partial charge >= 0.3 is 6.03 Å². The summed E-state index contributed by atoms with van der Waals surface area (Å²) in [5.41, 5.74) is 0.808. The van der Waals surface area contributed by atoms with Crippen LogP contribution in [0.2, 0.25) is 0 Å². The molecule has 0 radical (unpaired) electrons. The Morgan fingerprint density at radius 1 is 1.15 bits per heavy atom. The Labute approximate surface area is 151 Å². The molecule has 4 rings (SSSR count). The molecule has 6 heteroatoms. The van der Waals surface area contributed by atoms with Crippen LogP contribution >= 0.6 is 0 Å². The zero-order valence-corrected chi connectivity index (χ0v) is 14.4. The average Bonchev–Trinajstić information content (AvgIpc) is 3.10. The summed E-state index contributed by atoms with van der Waals surface area (Å²) >= 11 is 0. The fourth-order valence-electron chi connectivity index (χ4n) is 2.90. The lowest BCUT2D eigenvalue weighted by molar-refractivity contribution is 0.0917. The van der Waals surface area contributed by atoms with E-state index in [2.05, 4.69) is 10.6 Å². The van der Waals surface area contributed by atoms with Gasteiger partial charge in [-0.1, -0.05) is 30.3 Å². The van der Waals surface area contributed by atoms with Crippen LogP contribution in [-0.2, 0) is 0 Å². The Bertz CT molecular complexity index is 888. The van der Waals surface area contributed by atoms with Gasteiger partial charge in [-0.15, -0.1) is 0 Å². The summed E-state index contributed by atoms with van der Waals surface area (Å²) in [6.07, 6.45) is -0.225. The number of carbonyl (C=O) groups excluding carboxylic acids is 1. The molecule has 2 atom stereocenters. The molecule has 0 saturated carbocycles. The average molecular weight is 352 g/mol. The number of fused-ring (bicyclic) bond motifs is 2. The van der Waals surface area contributed by atoms with Gasteiger partial charge in [-0.05, 0) is 31.2 Å². The van der Waals surface area contributed by atoms with E-state index in [1.165, 1.54) is 0 Å². The number of ether oxygens (including phenoxy) is 2. The van der Waals surface area contributed by atoms with Gasteiger partial charge in [0, 0.05) is 5.39 Å². The van der Waals surface area contributed by atoms with Crippen LogP contribution < -0.4 is 20.1 Å². The number of nitrogens with one attached hydrogen (secondary N) is 2. The lowest BCUT2D eigenvalue weighted by Gasteiger charge is -2.26. The van der Waals surface area contributed by atoms with Gasteiger partial charge in [0.2, 0.25) is 0 Å². The maximum Gasteiger partial charge on any atom is 0.315 e. The molecule has 1 aliphatic heterocycles. The van der Waals surface area contributed by atoms with E-state index in [1.807, 2.05) is 61.5 Å². The first-order valence-electron chi connectivity index (χ1n) is 8.60. The minimum atomic E-state index is -0.277. The summed E-state index contributed by atoms with van der Waals surface area (Å²) in [5.74, 6) is 2.14. The van der Waals surface area contributed by atoms with Crippen molar-refractivity contribution in [3.8, 4) is 11.5 Å². The molecule has 0 bridgehead atoms. The summed E-state index contributed by atoms with van der Waals surface area (Å²) in [5, 5.41) is 6.71. The van der Waals surface area contributed by atoms with Crippen LogP contribution in [0.15, 0.2) is 59.0 Å². The number of amides is 2. The summed E-state index contributed by atoms with van der Waals surface area (Å²) in [7, 11) is 0. The van der Waals surface area contributed by atoms with Gasteiger partial charge in [0.05, 0.1) is 12.6 Å². The molecule has 0 spiro atoms. The van der Waals surface area contributed by atoms with Crippen LogP contribution in [0.1, 0.15) is 18.7 Å². The highest BCUT2D eigenvalue weighted by Crippen LogP contribution is 2.30. The first kappa shape index (κ1) is 16.3. The van der Waals surface area contributed by atoms with E-state index < -0.39 is 0 Å². The third kappa shape index (κ3) is 3.44. The second-order valence-corrected chi connectivity index (χ2v) is 6.26. The lowest BCUT2D eigenvalue weighted by Crippen LogP contribution is -2.45. The molecule has 2 amide bonds. The monoisotopic (exact) mass is 352 g/mol. The van der Waals surface area contributed by atoms with E-state index in [0.717, 1.165) is 16.7 Å². The van der Waals surface area contributed by atoms with E-state index >= 15 is 0 Å². The second kappa shape index (κ2) is 7.00. The fourth-order valence-corrected chi connectivity index (χ4v) is 2.90. The molecule has 26 heavy (non-hydrogen) atoms. The summed E-state index contributed by atoms with van der Waals surface area (Å²) in [6.45, 7) is 2.64. The highest BCUT2D eigenvalue weighted by molar-refractivity contribution is 5.78. The van der Waals surface area contributed by atoms with Crippen molar-refractivity contribution in [2.75, 3.05) is 13.2 Å². The van der Waals surface area contributed by atoms with E-state index in [4.69, 9.17) is 13.9 Å². The number of benzene rings is 2. The van der Waals surface area contributed by atoms with Crippen molar-refractivity contribution in [1.29, 1.82) is 0 Å². The van der Waals surface area contributed by atoms with Gasteiger partial charge in [0.25, 0.3) is 0 Å². The second-order valence-electron chi connectivity index (χ2n) is 6.26. The van der Waals surface area contributed by atoms with Crippen LogP contribution in [0.3, 0.4) is 0 Å². The van der Waals surface area contributed by atoms with Crippen LogP contribution in [0.25, 0.3) is 11.0 Å². The van der Waals surface area contributed by atoms with Crippen LogP contribution in [-0.4, -0.2) is 25.3 Å². The number of rotatable bonds is 4. The van der Waals surface area contributed by atoms with Crippen molar-refractivity contribution >= 4 is 17.0 Å². The first-order valence-corrected chi connectivity index (χ1v) is 8.60. The number of urea groups is 1. The molecule has 0 saturated heterocycles. The van der Waals surface area contributed by atoms with Gasteiger partial charge in [-0.3, -0.25) is 0 Å². The minimum Gasteiger partial charge on any atom is -0.486 e. The minimum absolute atomic E-state index is 0.225. The van der Waals surface area contributed by atoms with Gasteiger partial charge in [0.1, 0.15) is 18.0 Å². The predicted octanol–water partition coefficient (Wildman–Crippen LogP) is 3.63. The van der Waals surface area contributed by atoms with Crippen molar-refractivity contribution in [3.63, 3.8) is 0 Å². The Balaban J connectivity index is 1.30. The standard InChI is InChI=1S/C20H20N2O4/c1-13(19-10-14-6-2-3-7-16(14)26-19)22-20(23)21-11-15-12-24-17-8-4-5-9-18(17)25-15/h2-10,13,15H,11-12H2,1H3,(H2,21,22,23). The van der Waals surface area contributed by atoms with E-state index in [0.29, 0.717) is 24.7 Å². The van der Waals surface area contributed by atoms with Crippen molar-refractivity contribution in [1.82, 2.24) is 10.6 Å². The van der Waals surface area contributed by atoms with Gasteiger partial charge in [-0.2, -0.15) is 0 Å². The molecule has 2 heterocycles. The summed E-state index contributed by atoms with van der Waals surface area (Å²) in [6, 6.07) is 16.7. The number of para-hydroxylation sites is 3. The predicted molar refractivity (Wildman–Crippen MR) is 97.5 cm³/mol. The molecule has 1 aliphatic rings. The quantitative estimate of drug-likeness (QED) is 0.752. The van der Waals surface area contributed by atoms with Crippen LogP contribution in [0.4, 0.5) is 4.79 Å². The molecule has 6 nitrogen and oxygen atoms in total. The zero-order valence-electron chi connectivity index (χ0n) is 14.4. The highest BCUT2D eigenvalue weighted by Gasteiger charge is 2.21. The topological polar surface area (TPSA) is 72.7 Å². The van der Waals surface area contributed by atoms with Gasteiger partial charge in [-0.25, -0.2) is 4.79 Å². The molecule has 2 aromatic carbocycles. The van der Waals surface area contributed by atoms with Crippen LogP contribution in [0.5, 0.6) is 11.5 Å². The molecule has 0 aliphatic carbocycles. The summed E-state index contributed by atoms with van der Waals surface area (Å²) in [4.78, 5) is 12.2. The fraction of sp³-hybridized carbons (Fsp3) is 0.250. The Morgan fingerprint density at radius 2 is 1.92 bits per heavy atom.